The Kier molecular flexibility index (Phi) is 6.80. The topological polar surface area (TPSA) is 73.7 Å². The number of carbonyl (C=O) groups excluding carboxylic acids is 1. The molecular weight excluding hydrogens is 458 g/mol. The molecule has 172 valence electrons. The van der Waals surface area contributed by atoms with Crippen molar-refractivity contribution in [3.63, 3.8) is 0 Å². The van der Waals surface area contributed by atoms with Crippen molar-refractivity contribution < 1.29 is 14.3 Å². The lowest BCUT2D eigenvalue weighted by atomic mass is 10.1. The van der Waals surface area contributed by atoms with Crippen molar-refractivity contribution in [1.82, 2.24) is 14.5 Å². The van der Waals surface area contributed by atoms with Crippen molar-refractivity contribution in [3.8, 4) is 21.9 Å². The van der Waals surface area contributed by atoms with Crippen LogP contribution in [0, 0.1) is 6.92 Å². The number of hydrogen-bond acceptors (Lipinski definition) is 7. The van der Waals surface area contributed by atoms with Crippen LogP contribution in [0.3, 0.4) is 0 Å². The summed E-state index contributed by atoms with van der Waals surface area (Å²) in [6.07, 6.45) is 2.12. The standard InChI is InChI=1S/C24H25N3O4S2/c1-15-5-8-20(33-15)17-13-32-23-22(17)24(29)27(14-25-23)12-21(28)26(2)10-9-16-6-7-18(30-3)19(11-16)31-4/h5-8,11,13-14H,9-10,12H2,1-4H3. The predicted octanol–water partition coefficient (Wildman–Crippen LogP) is 4.21. The Bertz CT molecular complexity index is 1360. The van der Waals surface area contributed by atoms with Crippen LogP contribution in [0.1, 0.15) is 10.4 Å². The Labute approximate surface area is 199 Å². The van der Waals surface area contributed by atoms with E-state index in [2.05, 4.69) is 4.98 Å². The molecule has 0 aliphatic rings. The summed E-state index contributed by atoms with van der Waals surface area (Å²) in [4.78, 5) is 35.0. The van der Waals surface area contributed by atoms with Crippen LogP contribution in [0.5, 0.6) is 11.5 Å². The zero-order chi connectivity index (χ0) is 23.5. The molecule has 0 N–H and O–H groups in total. The summed E-state index contributed by atoms with van der Waals surface area (Å²) in [6.45, 7) is 2.50. The van der Waals surface area contributed by atoms with Crippen LogP contribution in [-0.4, -0.2) is 48.2 Å². The van der Waals surface area contributed by atoms with E-state index >= 15 is 0 Å². The van der Waals surface area contributed by atoms with Gasteiger partial charge >= 0.3 is 0 Å². The lowest BCUT2D eigenvalue weighted by Gasteiger charge is -2.18. The maximum atomic E-state index is 13.2. The molecule has 0 bridgehead atoms. The summed E-state index contributed by atoms with van der Waals surface area (Å²) >= 11 is 3.09. The number of aromatic nitrogens is 2. The molecule has 0 atom stereocenters. The molecule has 3 aromatic heterocycles. The molecule has 0 aliphatic carbocycles. The summed E-state index contributed by atoms with van der Waals surface area (Å²) in [7, 11) is 4.93. The number of likely N-dealkylation sites (N-methyl/N-ethyl adjacent to an activating group) is 1. The highest BCUT2D eigenvalue weighted by molar-refractivity contribution is 7.19. The van der Waals surface area contributed by atoms with Gasteiger partial charge in [0.2, 0.25) is 5.91 Å². The third-order valence-electron chi connectivity index (χ3n) is 5.48. The molecular formula is C24H25N3O4S2. The molecule has 1 amide bonds. The molecule has 0 spiro atoms. The minimum Gasteiger partial charge on any atom is -0.493 e. The lowest BCUT2D eigenvalue weighted by molar-refractivity contribution is -0.130. The van der Waals surface area contributed by atoms with E-state index in [9.17, 15) is 9.59 Å². The van der Waals surface area contributed by atoms with Crippen LogP contribution in [0.15, 0.2) is 46.8 Å². The highest BCUT2D eigenvalue weighted by Crippen LogP contribution is 2.35. The first-order valence-corrected chi connectivity index (χ1v) is 12.1. The first-order chi connectivity index (χ1) is 15.9. The normalized spacial score (nSPS) is 11.0. The minimum atomic E-state index is -0.191. The molecule has 0 aliphatic heterocycles. The third-order valence-corrected chi connectivity index (χ3v) is 7.40. The van der Waals surface area contributed by atoms with Crippen LogP contribution in [0.4, 0.5) is 0 Å². The summed E-state index contributed by atoms with van der Waals surface area (Å²) in [5.41, 5.74) is 1.72. The number of hydrogen-bond donors (Lipinski definition) is 0. The third kappa shape index (κ3) is 4.79. The molecule has 1 aromatic carbocycles. The highest BCUT2D eigenvalue weighted by Gasteiger charge is 2.17. The van der Waals surface area contributed by atoms with Crippen molar-refractivity contribution in [3.05, 3.63) is 62.8 Å². The number of carbonyl (C=O) groups is 1. The number of rotatable bonds is 8. The zero-order valence-electron chi connectivity index (χ0n) is 19.0. The number of nitrogens with zero attached hydrogens (tertiary/aromatic N) is 3. The van der Waals surface area contributed by atoms with E-state index in [0.717, 1.165) is 16.0 Å². The molecule has 0 saturated heterocycles. The van der Waals surface area contributed by atoms with E-state index in [4.69, 9.17) is 9.47 Å². The number of thiophene rings is 2. The van der Waals surface area contributed by atoms with Crippen LogP contribution in [0.25, 0.3) is 20.7 Å². The summed E-state index contributed by atoms with van der Waals surface area (Å²) in [5, 5.41) is 2.54. The van der Waals surface area contributed by atoms with Crippen molar-refractivity contribution in [2.45, 2.75) is 19.9 Å². The lowest BCUT2D eigenvalue weighted by Crippen LogP contribution is -2.35. The quantitative estimate of drug-likeness (QED) is 0.375. The van der Waals surface area contributed by atoms with Gasteiger partial charge in [-0.3, -0.25) is 14.2 Å². The van der Waals surface area contributed by atoms with E-state index in [1.807, 2.05) is 42.6 Å². The average molecular weight is 484 g/mol. The maximum absolute atomic E-state index is 13.2. The fraction of sp³-hybridized carbons (Fsp3) is 0.292. The number of benzene rings is 1. The second-order valence-electron chi connectivity index (χ2n) is 7.67. The van der Waals surface area contributed by atoms with Crippen molar-refractivity contribution >= 4 is 38.8 Å². The van der Waals surface area contributed by atoms with E-state index in [1.165, 1.54) is 27.1 Å². The summed E-state index contributed by atoms with van der Waals surface area (Å²) in [5.74, 6) is 1.17. The van der Waals surface area contributed by atoms with Gasteiger partial charge in [-0.1, -0.05) is 6.07 Å². The minimum absolute atomic E-state index is 0.0526. The van der Waals surface area contributed by atoms with Gasteiger partial charge in [0.05, 0.1) is 25.9 Å². The second-order valence-corrected chi connectivity index (χ2v) is 9.82. The van der Waals surface area contributed by atoms with E-state index in [1.54, 1.807) is 37.5 Å². The fourth-order valence-corrected chi connectivity index (χ4v) is 5.43. The molecule has 0 fully saturated rings. The first kappa shape index (κ1) is 23.0. The van der Waals surface area contributed by atoms with Gasteiger partial charge < -0.3 is 14.4 Å². The van der Waals surface area contributed by atoms with E-state index < -0.39 is 0 Å². The second kappa shape index (κ2) is 9.76. The Morgan fingerprint density at radius 3 is 2.64 bits per heavy atom. The molecule has 3 heterocycles. The summed E-state index contributed by atoms with van der Waals surface area (Å²) < 4.78 is 12.0. The Morgan fingerprint density at radius 2 is 1.94 bits per heavy atom. The molecule has 0 radical (unpaired) electrons. The van der Waals surface area contributed by atoms with Crippen molar-refractivity contribution in [1.29, 1.82) is 0 Å². The van der Waals surface area contributed by atoms with Crippen LogP contribution in [-0.2, 0) is 17.8 Å². The fourth-order valence-electron chi connectivity index (χ4n) is 3.56. The molecule has 9 heteroatoms. The molecule has 7 nitrogen and oxygen atoms in total. The van der Waals surface area contributed by atoms with E-state index in [0.29, 0.717) is 34.7 Å². The number of ether oxygens (including phenoxy) is 2. The molecule has 0 saturated carbocycles. The van der Waals surface area contributed by atoms with Gasteiger partial charge in [-0.25, -0.2) is 4.98 Å². The Morgan fingerprint density at radius 1 is 1.15 bits per heavy atom. The highest BCUT2D eigenvalue weighted by atomic mass is 32.1. The van der Waals surface area contributed by atoms with Crippen LogP contribution < -0.4 is 15.0 Å². The van der Waals surface area contributed by atoms with Gasteiger partial charge in [-0.15, -0.1) is 22.7 Å². The van der Waals surface area contributed by atoms with Gasteiger partial charge in [0.15, 0.2) is 11.5 Å². The van der Waals surface area contributed by atoms with Crippen LogP contribution >= 0.6 is 22.7 Å². The molecule has 4 aromatic rings. The average Bonchev–Trinajstić information content (AvgIpc) is 3.45. The van der Waals surface area contributed by atoms with Crippen LogP contribution in [0.2, 0.25) is 0 Å². The number of fused-ring (bicyclic) bond motifs is 1. The Balaban J connectivity index is 1.48. The smallest absolute Gasteiger partial charge is 0.263 e. The van der Waals surface area contributed by atoms with Gasteiger partial charge in [0, 0.05) is 34.3 Å². The van der Waals surface area contributed by atoms with Crippen molar-refractivity contribution in [2.24, 2.45) is 0 Å². The monoisotopic (exact) mass is 483 g/mol. The molecule has 4 rings (SSSR count). The van der Waals surface area contributed by atoms with E-state index in [-0.39, 0.29) is 18.0 Å². The maximum Gasteiger partial charge on any atom is 0.263 e. The molecule has 0 unspecified atom stereocenters. The van der Waals surface area contributed by atoms with Gasteiger partial charge in [-0.05, 0) is 43.2 Å². The molecule has 33 heavy (non-hydrogen) atoms. The zero-order valence-corrected chi connectivity index (χ0v) is 20.6. The predicted molar refractivity (Wildman–Crippen MR) is 133 cm³/mol. The number of methoxy groups -OCH3 is 2. The largest absolute Gasteiger partial charge is 0.493 e. The van der Waals surface area contributed by atoms with Gasteiger partial charge in [0.1, 0.15) is 11.4 Å². The number of amides is 1. The number of aryl methyl sites for hydroxylation is 1. The Hall–Kier alpha value is -3.17. The first-order valence-electron chi connectivity index (χ1n) is 10.4. The van der Waals surface area contributed by atoms with Crippen molar-refractivity contribution in [2.75, 3.05) is 27.8 Å². The SMILES string of the molecule is COc1ccc(CCN(C)C(=O)Cn2cnc3scc(-c4ccc(C)s4)c3c2=O)cc1OC. The van der Waals surface area contributed by atoms with Gasteiger partial charge in [0.25, 0.3) is 5.56 Å². The van der Waals surface area contributed by atoms with Gasteiger partial charge in [-0.2, -0.15) is 0 Å². The summed E-state index contributed by atoms with van der Waals surface area (Å²) in [6, 6.07) is 9.76.